The molecule has 1 heterocycles. The summed E-state index contributed by atoms with van der Waals surface area (Å²) in [5.41, 5.74) is 6.17. The van der Waals surface area contributed by atoms with Gasteiger partial charge in [0.2, 0.25) is 5.91 Å². The molecule has 0 aliphatic heterocycles. The fourth-order valence-corrected chi connectivity index (χ4v) is 3.56. The van der Waals surface area contributed by atoms with Crippen molar-refractivity contribution in [1.29, 1.82) is 0 Å². The van der Waals surface area contributed by atoms with Crippen LogP contribution in [-0.2, 0) is 11.3 Å². The molecule has 0 saturated carbocycles. The van der Waals surface area contributed by atoms with Gasteiger partial charge < -0.3 is 11.1 Å². The molecule has 0 atom stereocenters. The quantitative estimate of drug-likeness (QED) is 0.538. The summed E-state index contributed by atoms with van der Waals surface area (Å²) in [6, 6.07) is 9.42. The van der Waals surface area contributed by atoms with Gasteiger partial charge in [0.1, 0.15) is 0 Å². The van der Waals surface area contributed by atoms with Gasteiger partial charge in [-0.15, -0.1) is 5.10 Å². The van der Waals surface area contributed by atoms with Crippen molar-refractivity contribution in [3.8, 4) is 0 Å². The summed E-state index contributed by atoms with van der Waals surface area (Å²) < 4.78 is 1.27. The number of ketones is 1. The van der Waals surface area contributed by atoms with Gasteiger partial charge in [-0.1, -0.05) is 40.0 Å². The van der Waals surface area contributed by atoms with Crippen LogP contribution in [0.1, 0.15) is 38.9 Å². The number of nitrogens with zero attached hydrogens (tertiary/aromatic N) is 3. The van der Waals surface area contributed by atoms with Crippen LogP contribution in [0.15, 0.2) is 36.4 Å². The highest BCUT2D eigenvalue weighted by atomic mass is 35.5. The minimum absolute atomic E-state index is 0.0450. The number of primary amides is 1. The Balaban J connectivity index is 1.95. The lowest BCUT2D eigenvalue weighted by atomic mass is 10.0. The zero-order valence-electron chi connectivity index (χ0n) is 15.4. The molecule has 0 radical (unpaired) electrons. The molecular weight excluding hydrogens is 453 g/mol. The molecule has 154 valence electrons. The second-order valence-electron chi connectivity index (χ2n) is 6.26. The molecule has 1 aromatic heterocycles. The largest absolute Gasteiger partial charge is 0.364 e. The Hall–Kier alpha value is -2.94. The van der Waals surface area contributed by atoms with Crippen molar-refractivity contribution >= 4 is 58.2 Å². The molecule has 30 heavy (non-hydrogen) atoms. The summed E-state index contributed by atoms with van der Waals surface area (Å²) in [5, 5.41) is 10.8. The zero-order chi connectivity index (χ0) is 22.0. The molecule has 11 heteroatoms. The first-order valence-corrected chi connectivity index (χ1v) is 9.59. The number of aromatic nitrogens is 3. The fourth-order valence-electron chi connectivity index (χ4n) is 2.73. The maximum absolute atomic E-state index is 12.8. The summed E-state index contributed by atoms with van der Waals surface area (Å²) in [6.45, 7) is 1.33. The van der Waals surface area contributed by atoms with Gasteiger partial charge in [-0.2, -0.15) is 0 Å². The van der Waals surface area contributed by atoms with E-state index in [0.717, 1.165) is 0 Å². The van der Waals surface area contributed by atoms with E-state index in [-0.39, 0.29) is 39.4 Å². The lowest BCUT2D eigenvalue weighted by molar-refractivity contribution is -0.114. The van der Waals surface area contributed by atoms with Crippen molar-refractivity contribution in [3.63, 3.8) is 0 Å². The molecule has 3 N–H and O–H groups in total. The molecule has 0 bridgehead atoms. The second kappa shape index (κ2) is 8.83. The van der Waals surface area contributed by atoms with Crippen molar-refractivity contribution in [2.24, 2.45) is 5.73 Å². The van der Waals surface area contributed by atoms with Gasteiger partial charge in [0.15, 0.2) is 17.3 Å². The Morgan fingerprint density at radius 2 is 1.67 bits per heavy atom. The predicted molar refractivity (Wildman–Crippen MR) is 113 cm³/mol. The summed E-state index contributed by atoms with van der Waals surface area (Å²) in [7, 11) is 0. The van der Waals surface area contributed by atoms with Crippen LogP contribution in [-0.4, -0.2) is 32.6 Å². The number of amides is 2. The molecule has 3 rings (SSSR count). The van der Waals surface area contributed by atoms with Gasteiger partial charge in [0.05, 0.1) is 22.2 Å². The van der Waals surface area contributed by atoms with E-state index < -0.39 is 11.8 Å². The monoisotopic (exact) mass is 465 g/mol. The smallest absolute Gasteiger partial charge is 0.273 e. The van der Waals surface area contributed by atoms with Crippen LogP contribution in [0, 0.1) is 0 Å². The third-order valence-corrected chi connectivity index (χ3v) is 4.88. The predicted octanol–water partition coefficient (Wildman–Crippen LogP) is 3.57. The number of nitrogens with one attached hydrogen (secondary N) is 1. The number of benzene rings is 2. The Morgan fingerprint density at radius 1 is 1.07 bits per heavy atom. The van der Waals surface area contributed by atoms with Crippen molar-refractivity contribution in [2.45, 2.75) is 13.5 Å². The second-order valence-corrected chi connectivity index (χ2v) is 7.51. The van der Waals surface area contributed by atoms with Gasteiger partial charge in [-0.25, -0.2) is 4.68 Å². The van der Waals surface area contributed by atoms with Crippen LogP contribution in [0.4, 0.5) is 5.82 Å². The first kappa shape index (κ1) is 21.8. The van der Waals surface area contributed by atoms with Gasteiger partial charge in [-0.3, -0.25) is 14.4 Å². The van der Waals surface area contributed by atoms with Crippen molar-refractivity contribution in [3.05, 3.63) is 73.9 Å². The number of hydrogen-bond donors (Lipinski definition) is 2. The molecular formula is C19H14Cl3N5O3. The van der Waals surface area contributed by atoms with Gasteiger partial charge >= 0.3 is 0 Å². The summed E-state index contributed by atoms with van der Waals surface area (Å²) in [6.07, 6.45) is 0. The third kappa shape index (κ3) is 4.62. The Kier molecular flexibility index (Phi) is 6.40. The summed E-state index contributed by atoms with van der Waals surface area (Å²) >= 11 is 18.5. The van der Waals surface area contributed by atoms with E-state index in [2.05, 4.69) is 15.6 Å². The first-order chi connectivity index (χ1) is 14.2. The number of anilines is 1. The lowest BCUT2D eigenvalue weighted by Crippen LogP contribution is -2.18. The number of hydrogen-bond acceptors (Lipinski definition) is 5. The fraction of sp³-hybridized carbons (Fsp3) is 0.105. The Bertz CT molecular complexity index is 1140. The highest BCUT2D eigenvalue weighted by molar-refractivity contribution is 6.41. The zero-order valence-corrected chi connectivity index (χ0v) is 17.7. The van der Waals surface area contributed by atoms with E-state index in [1.807, 2.05) is 0 Å². The van der Waals surface area contributed by atoms with Crippen molar-refractivity contribution in [1.82, 2.24) is 15.0 Å². The molecule has 0 aliphatic carbocycles. The lowest BCUT2D eigenvalue weighted by Gasteiger charge is -2.11. The third-order valence-electron chi connectivity index (χ3n) is 4.03. The maximum atomic E-state index is 12.8. The standard InChI is InChI=1S/C19H14Cl3N5O3/c1-9(28)24-19-16(18(23)30)25-26-27(19)8-10-6-13(21)15(14(22)7-10)17(29)11-2-4-12(20)5-3-11/h2-7H,8H2,1H3,(H2,23,30)(H,24,28). The number of carbonyl (C=O) groups is 3. The number of carbonyl (C=O) groups excluding carboxylic acids is 3. The number of nitrogens with two attached hydrogens (primary N) is 1. The molecule has 0 unspecified atom stereocenters. The first-order valence-electron chi connectivity index (χ1n) is 8.46. The summed E-state index contributed by atoms with van der Waals surface area (Å²) in [4.78, 5) is 35.8. The number of rotatable bonds is 6. The highest BCUT2D eigenvalue weighted by Gasteiger charge is 2.21. The molecule has 0 fully saturated rings. The van der Waals surface area contributed by atoms with Crippen LogP contribution in [0.25, 0.3) is 0 Å². The van der Waals surface area contributed by atoms with Gasteiger partial charge in [0.25, 0.3) is 5.91 Å². The Morgan fingerprint density at radius 3 is 2.20 bits per heavy atom. The van der Waals surface area contributed by atoms with Crippen molar-refractivity contribution in [2.75, 3.05) is 5.32 Å². The van der Waals surface area contributed by atoms with Crippen LogP contribution < -0.4 is 11.1 Å². The molecule has 0 spiro atoms. The van der Waals surface area contributed by atoms with Gasteiger partial charge in [0, 0.05) is 17.5 Å². The minimum atomic E-state index is -0.843. The van der Waals surface area contributed by atoms with E-state index in [0.29, 0.717) is 16.1 Å². The average molecular weight is 467 g/mol. The van der Waals surface area contributed by atoms with E-state index in [1.54, 1.807) is 36.4 Å². The molecule has 2 aromatic carbocycles. The van der Waals surface area contributed by atoms with Crippen LogP contribution >= 0.6 is 34.8 Å². The number of halogens is 3. The van der Waals surface area contributed by atoms with Crippen LogP contribution in [0.2, 0.25) is 15.1 Å². The molecule has 8 nitrogen and oxygen atoms in total. The SMILES string of the molecule is CC(=O)Nc1c(C(N)=O)nnn1Cc1cc(Cl)c(C(=O)c2ccc(Cl)cc2)c(Cl)c1. The minimum Gasteiger partial charge on any atom is -0.364 e. The van der Waals surface area contributed by atoms with E-state index in [1.165, 1.54) is 11.6 Å². The van der Waals surface area contributed by atoms with E-state index >= 15 is 0 Å². The van der Waals surface area contributed by atoms with Crippen LogP contribution in [0.5, 0.6) is 0 Å². The topological polar surface area (TPSA) is 120 Å². The molecule has 2 amide bonds. The van der Waals surface area contributed by atoms with Gasteiger partial charge in [-0.05, 0) is 42.0 Å². The summed E-state index contributed by atoms with van der Waals surface area (Å²) in [5.74, 6) is -1.58. The average Bonchev–Trinajstić information content (AvgIpc) is 3.03. The van der Waals surface area contributed by atoms with Crippen LogP contribution in [0.3, 0.4) is 0 Å². The molecule has 3 aromatic rings. The Labute approximate surface area is 185 Å². The molecule has 0 saturated heterocycles. The normalized spacial score (nSPS) is 10.7. The van der Waals surface area contributed by atoms with E-state index in [9.17, 15) is 14.4 Å². The van der Waals surface area contributed by atoms with E-state index in [4.69, 9.17) is 40.5 Å². The highest BCUT2D eigenvalue weighted by Crippen LogP contribution is 2.30. The molecule has 0 aliphatic rings. The van der Waals surface area contributed by atoms with Crippen molar-refractivity contribution < 1.29 is 14.4 Å². The maximum Gasteiger partial charge on any atom is 0.273 e.